The van der Waals surface area contributed by atoms with Gasteiger partial charge in [-0.2, -0.15) is 0 Å². The number of carbonyl (C=O) groups excluding carboxylic acids is 4. The number of carbonyl (C=O) groups is 3. The zero-order chi connectivity index (χ0) is 17.1. The average Bonchev–Trinajstić information content (AvgIpc) is 2.41. The molecule has 9 nitrogen and oxygen atoms in total. The quantitative estimate of drug-likeness (QED) is 0.391. The number of hydrogen-bond donors (Lipinski definition) is 0. The highest BCUT2D eigenvalue weighted by Crippen LogP contribution is 2.30. The van der Waals surface area contributed by atoms with Gasteiger partial charge in [-0.15, -0.1) is 0 Å². The van der Waals surface area contributed by atoms with Crippen LogP contribution in [0, 0.1) is 0 Å². The molecular weight excluding hydrogens is 312 g/mol. The molecule has 0 unspecified atom stereocenters. The van der Waals surface area contributed by atoms with Crippen LogP contribution in [-0.4, -0.2) is 61.2 Å². The molecular formula is C14H19O9+. The van der Waals surface area contributed by atoms with Crippen LogP contribution in [0.5, 0.6) is 0 Å². The van der Waals surface area contributed by atoms with Crippen LogP contribution in [0.2, 0.25) is 0 Å². The number of rotatable bonds is 3. The molecule has 0 saturated carbocycles. The Kier molecular flexibility index (Phi) is 5.19. The second-order valence-corrected chi connectivity index (χ2v) is 5.19. The molecule has 2 aliphatic heterocycles. The second kappa shape index (κ2) is 6.95. The Morgan fingerprint density at radius 1 is 1.00 bits per heavy atom. The highest BCUT2D eigenvalue weighted by Gasteiger charge is 2.58. The van der Waals surface area contributed by atoms with E-state index in [4.69, 9.17) is 28.1 Å². The lowest BCUT2D eigenvalue weighted by Gasteiger charge is -2.40. The molecule has 0 aromatic heterocycles. The maximum Gasteiger partial charge on any atom is 0.482 e. The highest BCUT2D eigenvalue weighted by molar-refractivity contribution is 5.69. The van der Waals surface area contributed by atoms with Crippen molar-refractivity contribution in [3.8, 4) is 0 Å². The van der Waals surface area contributed by atoms with E-state index >= 15 is 0 Å². The van der Waals surface area contributed by atoms with Gasteiger partial charge in [0.25, 0.3) is 6.10 Å². The van der Waals surface area contributed by atoms with Crippen LogP contribution in [0.25, 0.3) is 0 Å². The SMILES string of the molecule is CC(=O)O[C@H]1O[C@@H]2C[O+]=C(C)O[C@@H]2[C@@H](OC(C)=O)[C@@H]1OC(C)=O. The molecule has 0 bridgehead atoms. The summed E-state index contributed by atoms with van der Waals surface area (Å²) in [5.74, 6) is -1.59. The van der Waals surface area contributed by atoms with E-state index in [2.05, 4.69) is 0 Å². The molecule has 0 amide bonds. The molecule has 1 saturated heterocycles. The molecule has 0 aromatic carbocycles. The zero-order valence-corrected chi connectivity index (χ0v) is 13.3. The van der Waals surface area contributed by atoms with Crippen LogP contribution in [0.3, 0.4) is 0 Å². The molecule has 0 radical (unpaired) electrons. The van der Waals surface area contributed by atoms with Gasteiger partial charge in [0.2, 0.25) is 25.1 Å². The van der Waals surface area contributed by atoms with Gasteiger partial charge < -0.3 is 28.1 Å². The van der Waals surface area contributed by atoms with Gasteiger partial charge in [0.15, 0.2) is 6.10 Å². The Morgan fingerprint density at radius 3 is 2.13 bits per heavy atom. The van der Waals surface area contributed by atoms with Crippen molar-refractivity contribution in [2.75, 3.05) is 6.61 Å². The van der Waals surface area contributed by atoms with Crippen molar-refractivity contribution in [1.82, 2.24) is 0 Å². The van der Waals surface area contributed by atoms with E-state index in [0.29, 0.717) is 0 Å². The van der Waals surface area contributed by atoms with Crippen molar-refractivity contribution in [1.29, 1.82) is 0 Å². The van der Waals surface area contributed by atoms with Crippen LogP contribution < -0.4 is 0 Å². The molecule has 0 aromatic rings. The fourth-order valence-corrected chi connectivity index (χ4v) is 2.48. The van der Waals surface area contributed by atoms with Gasteiger partial charge in [-0.3, -0.25) is 14.4 Å². The van der Waals surface area contributed by atoms with Crippen molar-refractivity contribution in [2.24, 2.45) is 0 Å². The molecule has 9 heteroatoms. The fraction of sp³-hybridized carbons (Fsp3) is 0.714. The van der Waals surface area contributed by atoms with Gasteiger partial charge in [0, 0.05) is 20.8 Å². The molecule has 1 fully saturated rings. The normalized spacial score (nSPS) is 32.7. The lowest BCUT2D eigenvalue weighted by atomic mass is 9.98. The van der Waals surface area contributed by atoms with E-state index in [-0.39, 0.29) is 12.6 Å². The van der Waals surface area contributed by atoms with Crippen LogP contribution in [0.4, 0.5) is 0 Å². The summed E-state index contributed by atoms with van der Waals surface area (Å²) in [6.07, 6.45) is -4.78. The van der Waals surface area contributed by atoms with Crippen LogP contribution >= 0.6 is 0 Å². The minimum absolute atomic E-state index is 0.124. The number of hydrogen-bond acceptors (Lipinski definition) is 8. The van der Waals surface area contributed by atoms with Crippen molar-refractivity contribution < 1.29 is 42.5 Å². The standard InChI is InChI=1S/C14H19O9/c1-6(15)19-12-11-10(5-18-9(4)22-11)23-14(21-8(3)17)13(12)20-7(2)16/h10-14H,5H2,1-4H3/q+1/t10-,11+,12-,13+,14+/m1/s1. The Bertz CT molecular complexity index is 526. The number of fused-ring (bicyclic) bond motifs is 1. The third-order valence-electron chi connectivity index (χ3n) is 3.23. The largest absolute Gasteiger partial charge is 0.482 e. The number of ether oxygens (including phenoxy) is 5. The Morgan fingerprint density at radius 2 is 1.57 bits per heavy atom. The molecule has 23 heavy (non-hydrogen) atoms. The Labute approximate surface area is 132 Å². The highest BCUT2D eigenvalue weighted by atomic mass is 16.8. The van der Waals surface area contributed by atoms with Gasteiger partial charge >= 0.3 is 23.9 Å². The predicted octanol–water partition coefficient (Wildman–Crippen LogP) is -0.381. The van der Waals surface area contributed by atoms with Crippen LogP contribution in [-0.2, 0) is 42.5 Å². The van der Waals surface area contributed by atoms with Crippen molar-refractivity contribution in [2.45, 2.75) is 58.4 Å². The predicted molar refractivity (Wildman–Crippen MR) is 72.0 cm³/mol. The van der Waals surface area contributed by atoms with Crippen molar-refractivity contribution in [3.05, 3.63) is 0 Å². The summed E-state index contributed by atoms with van der Waals surface area (Å²) in [6.45, 7) is 5.31. The van der Waals surface area contributed by atoms with E-state index in [1.54, 1.807) is 6.92 Å². The lowest BCUT2D eigenvalue weighted by Crippen LogP contribution is -2.64. The first kappa shape index (κ1) is 17.2. The summed E-state index contributed by atoms with van der Waals surface area (Å²) in [7, 11) is 0. The monoisotopic (exact) mass is 331 g/mol. The molecule has 0 spiro atoms. The van der Waals surface area contributed by atoms with E-state index in [1.165, 1.54) is 20.8 Å². The first-order valence-electron chi connectivity index (χ1n) is 7.08. The average molecular weight is 331 g/mol. The summed E-state index contributed by atoms with van der Waals surface area (Å²) in [4.78, 5) is 34.1. The van der Waals surface area contributed by atoms with Crippen LogP contribution in [0.15, 0.2) is 0 Å². The minimum Gasteiger partial charge on any atom is -0.452 e. The Hall–Kier alpha value is -2.16. The summed E-state index contributed by atoms with van der Waals surface area (Å²) in [5.41, 5.74) is 0. The lowest BCUT2D eigenvalue weighted by molar-refractivity contribution is -0.509. The van der Waals surface area contributed by atoms with Gasteiger partial charge in [-0.25, -0.2) is 0 Å². The molecule has 2 heterocycles. The smallest absolute Gasteiger partial charge is 0.452 e. The van der Waals surface area contributed by atoms with Crippen LogP contribution in [0.1, 0.15) is 27.7 Å². The van der Waals surface area contributed by atoms with E-state index in [1.807, 2.05) is 0 Å². The number of esters is 4. The minimum atomic E-state index is -1.23. The van der Waals surface area contributed by atoms with Gasteiger partial charge in [0.1, 0.15) is 0 Å². The molecule has 5 atom stereocenters. The Balaban J connectivity index is 2.32. The van der Waals surface area contributed by atoms with Gasteiger partial charge in [0.05, 0.1) is 6.92 Å². The van der Waals surface area contributed by atoms with Gasteiger partial charge in [-0.05, 0) is 0 Å². The summed E-state index contributed by atoms with van der Waals surface area (Å²) < 4.78 is 31.8. The first-order chi connectivity index (χ1) is 10.8. The third kappa shape index (κ3) is 4.19. The van der Waals surface area contributed by atoms with E-state index in [0.717, 1.165) is 0 Å². The van der Waals surface area contributed by atoms with Crippen molar-refractivity contribution in [3.63, 3.8) is 0 Å². The van der Waals surface area contributed by atoms with E-state index < -0.39 is 48.6 Å². The van der Waals surface area contributed by atoms with Crippen molar-refractivity contribution >= 4 is 23.9 Å². The molecule has 2 aliphatic rings. The first-order valence-corrected chi connectivity index (χ1v) is 7.08. The third-order valence-corrected chi connectivity index (χ3v) is 3.23. The summed E-state index contributed by atoms with van der Waals surface area (Å²) in [6, 6.07) is 0. The molecule has 0 N–H and O–H groups in total. The summed E-state index contributed by atoms with van der Waals surface area (Å²) in [5, 5.41) is 0. The van der Waals surface area contributed by atoms with E-state index in [9.17, 15) is 14.4 Å². The molecule has 128 valence electrons. The second-order valence-electron chi connectivity index (χ2n) is 5.19. The molecule has 0 aliphatic carbocycles. The topological polar surface area (TPSA) is 109 Å². The zero-order valence-electron chi connectivity index (χ0n) is 13.3. The van der Waals surface area contributed by atoms with Gasteiger partial charge in [-0.1, -0.05) is 0 Å². The maximum atomic E-state index is 11.4. The maximum absolute atomic E-state index is 11.4. The molecule has 2 rings (SSSR count). The fourth-order valence-electron chi connectivity index (χ4n) is 2.48. The summed E-state index contributed by atoms with van der Waals surface area (Å²) >= 11 is 0.